The number of benzene rings is 1. The highest BCUT2D eigenvalue weighted by Gasteiger charge is 2.17. The molecule has 0 bridgehead atoms. The first-order chi connectivity index (χ1) is 10.6. The van der Waals surface area contributed by atoms with E-state index in [4.69, 9.17) is 4.74 Å². The number of nitrogens with one attached hydrogen (secondary N) is 1. The van der Waals surface area contributed by atoms with Gasteiger partial charge in [0.2, 0.25) is 0 Å². The van der Waals surface area contributed by atoms with Crippen molar-refractivity contribution >= 4 is 23.5 Å². The van der Waals surface area contributed by atoms with Crippen molar-refractivity contribution in [1.29, 1.82) is 0 Å². The van der Waals surface area contributed by atoms with E-state index in [1.807, 2.05) is 61.5 Å². The molecule has 5 heteroatoms. The lowest BCUT2D eigenvalue weighted by Crippen LogP contribution is -2.21. The number of carbonyl (C=O) groups excluding carboxylic acids is 1. The predicted molar refractivity (Wildman–Crippen MR) is 87.1 cm³/mol. The van der Waals surface area contributed by atoms with E-state index in [0.717, 1.165) is 17.1 Å². The second kappa shape index (κ2) is 5.89. The zero-order valence-corrected chi connectivity index (χ0v) is 12.5. The summed E-state index contributed by atoms with van der Waals surface area (Å²) in [5, 5.41) is 2.84. The molecule has 1 N–H and O–H groups in total. The molecule has 0 radical (unpaired) electrons. The van der Waals surface area contributed by atoms with E-state index in [0.29, 0.717) is 11.3 Å². The van der Waals surface area contributed by atoms with Crippen LogP contribution in [0.15, 0.2) is 48.2 Å². The van der Waals surface area contributed by atoms with Gasteiger partial charge in [0.1, 0.15) is 18.2 Å². The Kier molecular flexibility index (Phi) is 3.78. The summed E-state index contributed by atoms with van der Waals surface area (Å²) in [6, 6.07) is 11.3. The molecule has 1 aromatic carbocycles. The van der Waals surface area contributed by atoms with E-state index in [-0.39, 0.29) is 12.5 Å². The van der Waals surface area contributed by atoms with Crippen LogP contribution in [0.1, 0.15) is 5.56 Å². The summed E-state index contributed by atoms with van der Waals surface area (Å²) in [6.45, 7) is 0.270. The number of fused-ring (bicyclic) bond motifs is 1. The number of hydrogen-bond acceptors (Lipinski definition) is 4. The van der Waals surface area contributed by atoms with Gasteiger partial charge in [-0.2, -0.15) is 0 Å². The molecule has 112 valence electrons. The van der Waals surface area contributed by atoms with Gasteiger partial charge in [0.15, 0.2) is 0 Å². The molecule has 1 aromatic heterocycles. The van der Waals surface area contributed by atoms with E-state index >= 15 is 0 Å². The van der Waals surface area contributed by atoms with Gasteiger partial charge >= 0.3 is 0 Å². The first kappa shape index (κ1) is 14.1. The number of amides is 1. The molecule has 0 atom stereocenters. The largest absolute Gasteiger partial charge is 0.488 e. The first-order valence-corrected chi connectivity index (χ1v) is 7.00. The maximum atomic E-state index is 12.3. The average molecular weight is 295 g/mol. The minimum absolute atomic E-state index is 0.172. The fourth-order valence-corrected chi connectivity index (χ4v) is 2.18. The summed E-state index contributed by atoms with van der Waals surface area (Å²) in [6.07, 6.45) is 3.50. The van der Waals surface area contributed by atoms with Crippen LogP contribution in [0, 0.1) is 0 Å². The zero-order valence-electron chi connectivity index (χ0n) is 12.5. The van der Waals surface area contributed by atoms with Crippen LogP contribution < -0.4 is 15.0 Å². The van der Waals surface area contributed by atoms with Gasteiger partial charge in [-0.15, -0.1) is 0 Å². The van der Waals surface area contributed by atoms with Crippen molar-refractivity contribution in [3.63, 3.8) is 0 Å². The summed E-state index contributed by atoms with van der Waals surface area (Å²) in [4.78, 5) is 18.5. The fraction of sp³-hybridized carbons (Fsp3) is 0.176. The number of anilines is 2. The third-order valence-corrected chi connectivity index (χ3v) is 3.39. The number of nitrogens with zero attached hydrogens (tertiary/aromatic N) is 2. The molecule has 2 heterocycles. The highest BCUT2D eigenvalue weighted by molar-refractivity contribution is 6.07. The van der Waals surface area contributed by atoms with Gasteiger partial charge in [-0.3, -0.25) is 4.79 Å². The Morgan fingerprint density at radius 1 is 1.23 bits per heavy atom. The van der Waals surface area contributed by atoms with Crippen molar-refractivity contribution in [2.45, 2.75) is 0 Å². The highest BCUT2D eigenvalue weighted by Crippen LogP contribution is 2.26. The lowest BCUT2D eigenvalue weighted by Gasteiger charge is -2.17. The van der Waals surface area contributed by atoms with Crippen molar-refractivity contribution in [3.05, 3.63) is 53.7 Å². The number of rotatable bonds is 3. The van der Waals surface area contributed by atoms with E-state index in [9.17, 15) is 4.79 Å². The Morgan fingerprint density at radius 2 is 2.05 bits per heavy atom. The topological polar surface area (TPSA) is 54.5 Å². The van der Waals surface area contributed by atoms with E-state index in [1.165, 1.54) is 0 Å². The van der Waals surface area contributed by atoms with Crippen LogP contribution >= 0.6 is 0 Å². The Hall–Kier alpha value is -2.82. The van der Waals surface area contributed by atoms with Gasteiger partial charge in [-0.1, -0.05) is 18.2 Å². The van der Waals surface area contributed by atoms with Gasteiger partial charge in [-0.25, -0.2) is 4.98 Å². The summed E-state index contributed by atoms with van der Waals surface area (Å²) in [7, 11) is 3.84. The molecule has 1 amide bonds. The van der Waals surface area contributed by atoms with Crippen LogP contribution in [0.2, 0.25) is 0 Å². The second-order valence-corrected chi connectivity index (χ2v) is 5.25. The number of ether oxygens (including phenoxy) is 1. The maximum Gasteiger partial charge on any atom is 0.255 e. The fourth-order valence-electron chi connectivity index (χ4n) is 2.18. The van der Waals surface area contributed by atoms with Crippen molar-refractivity contribution in [2.75, 3.05) is 30.9 Å². The number of hydrogen-bond donors (Lipinski definition) is 1. The minimum Gasteiger partial charge on any atom is -0.488 e. The van der Waals surface area contributed by atoms with E-state index in [2.05, 4.69) is 10.3 Å². The van der Waals surface area contributed by atoms with Crippen LogP contribution in [0.25, 0.3) is 6.08 Å². The molecule has 2 aromatic rings. The number of pyridine rings is 1. The molecule has 1 aliphatic heterocycles. The molecule has 0 aliphatic carbocycles. The van der Waals surface area contributed by atoms with Crippen molar-refractivity contribution in [2.24, 2.45) is 0 Å². The highest BCUT2D eigenvalue weighted by atomic mass is 16.5. The lowest BCUT2D eigenvalue weighted by atomic mass is 10.1. The van der Waals surface area contributed by atoms with Gasteiger partial charge < -0.3 is 15.0 Å². The SMILES string of the molecule is CN(C)c1ccc(NC(=O)C2=Cc3ccccc3OC2)cn1. The molecule has 0 saturated heterocycles. The third-order valence-electron chi connectivity index (χ3n) is 3.39. The van der Waals surface area contributed by atoms with Gasteiger partial charge in [0, 0.05) is 19.7 Å². The quantitative estimate of drug-likeness (QED) is 0.945. The van der Waals surface area contributed by atoms with Gasteiger partial charge in [0.05, 0.1) is 17.5 Å². The van der Waals surface area contributed by atoms with Crippen molar-refractivity contribution in [3.8, 4) is 5.75 Å². The molecule has 0 spiro atoms. The summed E-state index contributed by atoms with van der Waals surface area (Å²) >= 11 is 0. The second-order valence-electron chi connectivity index (χ2n) is 5.25. The maximum absolute atomic E-state index is 12.3. The molecule has 5 nitrogen and oxygen atoms in total. The third kappa shape index (κ3) is 2.93. The molecular formula is C17H17N3O2. The van der Waals surface area contributed by atoms with Crippen LogP contribution in [0.5, 0.6) is 5.75 Å². The molecule has 1 aliphatic rings. The van der Waals surface area contributed by atoms with E-state index in [1.54, 1.807) is 6.20 Å². The average Bonchev–Trinajstić information content (AvgIpc) is 2.55. The first-order valence-electron chi connectivity index (χ1n) is 7.00. The number of para-hydroxylation sites is 1. The van der Waals surface area contributed by atoms with Crippen LogP contribution in [0.3, 0.4) is 0 Å². The van der Waals surface area contributed by atoms with Crippen LogP contribution in [-0.4, -0.2) is 31.6 Å². The Labute approximate surface area is 129 Å². The lowest BCUT2D eigenvalue weighted by molar-refractivity contribution is -0.113. The summed E-state index contributed by atoms with van der Waals surface area (Å²) < 4.78 is 5.59. The monoisotopic (exact) mass is 295 g/mol. The number of aromatic nitrogens is 1. The normalized spacial score (nSPS) is 12.7. The molecule has 0 saturated carbocycles. The number of carbonyl (C=O) groups is 1. The summed E-state index contributed by atoms with van der Waals surface area (Å²) in [5.74, 6) is 1.47. The Balaban J connectivity index is 1.74. The Bertz CT molecular complexity index is 721. The van der Waals surface area contributed by atoms with Gasteiger partial charge in [-0.05, 0) is 24.3 Å². The summed E-state index contributed by atoms with van der Waals surface area (Å²) in [5.41, 5.74) is 2.17. The van der Waals surface area contributed by atoms with Crippen molar-refractivity contribution < 1.29 is 9.53 Å². The minimum atomic E-state index is -0.172. The van der Waals surface area contributed by atoms with Crippen LogP contribution in [0.4, 0.5) is 11.5 Å². The van der Waals surface area contributed by atoms with E-state index < -0.39 is 0 Å². The van der Waals surface area contributed by atoms with Crippen LogP contribution in [-0.2, 0) is 4.79 Å². The Morgan fingerprint density at radius 3 is 2.77 bits per heavy atom. The zero-order chi connectivity index (χ0) is 15.5. The molecule has 22 heavy (non-hydrogen) atoms. The smallest absolute Gasteiger partial charge is 0.255 e. The molecular weight excluding hydrogens is 278 g/mol. The molecule has 3 rings (SSSR count). The molecule has 0 fully saturated rings. The standard InChI is InChI=1S/C17H17N3O2/c1-20(2)16-8-7-14(10-18-16)19-17(21)13-9-12-5-3-4-6-15(12)22-11-13/h3-10H,11H2,1-2H3,(H,19,21). The predicted octanol–water partition coefficient (Wildman–Crippen LogP) is 2.56. The van der Waals surface area contributed by atoms with Gasteiger partial charge in [0.25, 0.3) is 5.91 Å². The van der Waals surface area contributed by atoms with Crippen molar-refractivity contribution in [1.82, 2.24) is 4.98 Å². The molecule has 0 unspecified atom stereocenters.